The molecule has 0 radical (unpaired) electrons. The number of aliphatic imine (C=N–C) groups is 1. The van der Waals surface area contributed by atoms with Crippen molar-refractivity contribution < 1.29 is 14.4 Å². The first-order valence-corrected chi connectivity index (χ1v) is 5.95. The molecule has 8 heteroatoms. The minimum atomic E-state index is -1.36. The highest BCUT2D eigenvalue weighted by Gasteiger charge is 2.22. The minimum absolute atomic E-state index is 0.143. The summed E-state index contributed by atoms with van der Waals surface area (Å²) in [6, 6.07) is 3.55. The number of nitrogens with zero attached hydrogens (tertiary/aromatic N) is 3. The van der Waals surface area contributed by atoms with Gasteiger partial charge >= 0.3 is 6.17 Å². The van der Waals surface area contributed by atoms with Crippen LogP contribution in [0, 0.1) is 10.1 Å². The van der Waals surface area contributed by atoms with Gasteiger partial charge in [-0.05, 0) is 11.6 Å². The second kappa shape index (κ2) is 8.31. The van der Waals surface area contributed by atoms with Crippen LogP contribution in [0.15, 0.2) is 29.5 Å². The van der Waals surface area contributed by atoms with Gasteiger partial charge < -0.3 is 9.47 Å². The molecule has 0 aliphatic carbocycles. The van der Waals surface area contributed by atoms with E-state index in [9.17, 15) is 10.1 Å². The van der Waals surface area contributed by atoms with Gasteiger partial charge in [-0.15, -0.1) is 0 Å². The van der Waals surface area contributed by atoms with E-state index in [0.29, 0.717) is 0 Å². The average Bonchev–Trinajstić information content (AvgIpc) is 2.47. The maximum atomic E-state index is 10.8. The second-order valence-corrected chi connectivity index (χ2v) is 4.00. The molecule has 2 N–H and O–H groups in total. The van der Waals surface area contributed by atoms with Crippen molar-refractivity contribution in [3.63, 3.8) is 0 Å². The van der Waals surface area contributed by atoms with Gasteiger partial charge in [0.15, 0.2) is 6.29 Å². The zero-order valence-electron chi connectivity index (χ0n) is 11.4. The second-order valence-electron chi connectivity index (χ2n) is 4.00. The van der Waals surface area contributed by atoms with Crippen LogP contribution in [-0.4, -0.2) is 48.8 Å². The summed E-state index contributed by atoms with van der Waals surface area (Å²) < 4.78 is 9.98. The summed E-state index contributed by atoms with van der Waals surface area (Å²) in [5.74, 6) is 0. The summed E-state index contributed by atoms with van der Waals surface area (Å²) in [6.07, 6.45) is 1.59. The number of pyridine rings is 1. The smallest absolute Gasteiger partial charge is 0.302 e. The molecule has 1 unspecified atom stereocenters. The van der Waals surface area contributed by atoms with E-state index in [1.54, 1.807) is 24.5 Å². The maximum absolute atomic E-state index is 10.8. The summed E-state index contributed by atoms with van der Waals surface area (Å²) in [5, 5.41) is 10.8. The number of nitrogens with two attached hydrogens (primary N) is 1. The fourth-order valence-corrected chi connectivity index (χ4v) is 1.52. The number of hydrogen-bond acceptors (Lipinski definition) is 7. The third kappa shape index (κ3) is 5.00. The normalized spacial score (nSPS) is 13.5. The van der Waals surface area contributed by atoms with Crippen molar-refractivity contribution in [1.29, 1.82) is 0 Å². The molecule has 0 saturated heterocycles. The fraction of sp³-hybridized carbons (Fsp3) is 0.500. The minimum Gasteiger partial charge on any atom is -0.354 e. The molecule has 0 aromatic carbocycles. The van der Waals surface area contributed by atoms with Crippen molar-refractivity contribution in [1.82, 2.24) is 4.98 Å². The van der Waals surface area contributed by atoms with Crippen LogP contribution in [0.1, 0.15) is 5.56 Å². The fourth-order valence-electron chi connectivity index (χ4n) is 1.52. The number of ether oxygens (including phenoxy) is 2. The van der Waals surface area contributed by atoms with Crippen molar-refractivity contribution in [3.05, 3.63) is 40.2 Å². The van der Waals surface area contributed by atoms with E-state index in [4.69, 9.17) is 15.2 Å². The number of nitro groups is 1. The SMILES string of the molecule is COC(CN=C(Cc1cccnc1)C(N)[N+](=O)[O-])OC. The molecule has 1 atom stereocenters. The van der Waals surface area contributed by atoms with Crippen LogP contribution in [0.3, 0.4) is 0 Å². The number of aromatic nitrogens is 1. The molecule has 8 nitrogen and oxygen atoms in total. The van der Waals surface area contributed by atoms with E-state index < -0.39 is 17.4 Å². The molecule has 0 aliphatic heterocycles. The predicted molar refractivity (Wildman–Crippen MR) is 73.0 cm³/mol. The van der Waals surface area contributed by atoms with E-state index in [0.717, 1.165) is 5.56 Å². The Balaban J connectivity index is 2.85. The van der Waals surface area contributed by atoms with E-state index in [2.05, 4.69) is 9.98 Å². The van der Waals surface area contributed by atoms with Crippen molar-refractivity contribution in [3.8, 4) is 0 Å². The quantitative estimate of drug-likeness (QED) is 0.316. The molecule has 1 rings (SSSR count). The lowest BCUT2D eigenvalue weighted by Crippen LogP contribution is -2.40. The van der Waals surface area contributed by atoms with Crippen LogP contribution in [0.4, 0.5) is 0 Å². The van der Waals surface area contributed by atoms with E-state index in [1.807, 2.05) is 0 Å². The zero-order valence-corrected chi connectivity index (χ0v) is 11.4. The van der Waals surface area contributed by atoms with Gasteiger partial charge in [0.2, 0.25) is 0 Å². The Labute approximate surface area is 116 Å². The van der Waals surface area contributed by atoms with Gasteiger partial charge in [0.05, 0.1) is 6.54 Å². The summed E-state index contributed by atoms with van der Waals surface area (Å²) in [6.45, 7) is 0.143. The van der Waals surface area contributed by atoms with Crippen LogP contribution in [-0.2, 0) is 15.9 Å². The molecule has 1 aromatic rings. The van der Waals surface area contributed by atoms with Crippen LogP contribution < -0.4 is 5.73 Å². The molecule has 0 amide bonds. The van der Waals surface area contributed by atoms with Crippen LogP contribution in [0.2, 0.25) is 0 Å². The maximum Gasteiger partial charge on any atom is 0.302 e. The molecular formula is C12H18N4O4. The standard InChI is InChI=1S/C12H18N4O4/c1-19-11(20-2)8-15-10(12(13)16(17)18)6-9-4-3-5-14-7-9/h3-5,7,11-12H,6,8,13H2,1-2H3. The molecule has 0 spiro atoms. The summed E-state index contributed by atoms with van der Waals surface area (Å²) in [5.41, 5.74) is 6.60. The number of rotatable bonds is 8. The summed E-state index contributed by atoms with van der Waals surface area (Å²) in [4.78, 5) is 18.4. The van der Waals surface area contributed by atoms with Crippen molar-refractivity contribution in [2.24, 2.45) is 10.7 Å². The number of methoxy groups -OCH3 is 2. The van der Waals surface area contributed by atoms with Crippen LogP contribution in [0.25, 0.3) is 0 Å². The van der Waals surface area contributed by atoms with E-state index in [1.165, 1.54) is 14.2 Å². The molecule has 110 valence electrons. The van der Waals surface area contributed by atoms with Gasteiger partial charge in [-0.1, -0.05) is 6.07 Å². The Bertz CT molecular complexity index is 448. The van der Waals surface area contributed by atoms with Crippen LogP contribution in [0.5, 0.6) is 0 Å². The zero-order chi connectivity index (χ0) is 15.0. The molecule has 0 bridgehead atoms. The average molecular weight is 282 g/mol. The summed E-state index contributed by atoms with van der Waals surface area (Å²) in [7, 11) is 2.94. The molecule has 0 fully saturated rings. The molecule has 0 aliphatic rings. The lowest BCUT2D eigenvalue weighted by molar-refractivity contribution is -0.501. The van der Waals surface area contributed by atoms with Gasteiger partial charge in [-0.2, -0.15) is 0 Å². The van der Waals surface area contributed by atoms with Gasteiger partial charge in [-0.3, -0.25) is 25.8 Å². The largest absolute Gasteiger partial charge is 0.354 e. The predicted octanol–water partition coefficient (Wildman–Crippen LogP) is 0.246. The first-order chi connectivity index (χ1) is 9.58. The Morgan fingerprint density at radius 1 is 1.55 bits per heavy atom. The highest BCUT2D eigenvalue weighted by atomic mass is 16.7. The lowest BCUT2D eigenvalue weighted by Gasteiger charge is -2.13. The molecular weight excluding hydrogens is 264 g/mol. The van der Waals surface area contributed by atoms with E-state index >= 15 is 0 Å². The van der Waals surface area contributed by atoms with Crippen molar-refractivity contribution in [2.45, 2.75) is 18.9 Å². The van der Waals surface area contributed by atoms with Crippen LogP contribution >= 0.6 is 0 Å². The van der Waals surface area contributed by atoms with Gasteiger partial charge in [0, 0.05) is 38.0 Å². The third-order valence-corrected chi connectivity index (χ3v) is 2.65. The molecule has 1 heterocycles. The Kier molecular flexibility index (Phi) is 6.71. The Morgan fingerprint density at radius 2 is 2.25 bits per heavy atom. The highest BCUT2D eigenvalue weighted by Crippen LogP contribution is 2.03. The highest BCUT2D eigenvalue weighted by molar-refractivity contribution is 5.89. The van der Waals surface area contributed by atoms with Gasteiger partial charge in [0.25, 0.3) is 0 Å². The van der Waals surface area contributed by atoms with E-state index in [-0.39, 0.29) is 18.7 Å². The van der Waals surface area contributed by atoms with Crippen molar-refractivity contribution in [2.75, 3.05) is 20.8 Å². The van der Waals surface area contributed by atoms with Gasteiger partial charge in [-0.25, -0.2) is 0 Å². The monoisotopic (exact) mass is 282 g/mol. The summed E-state index contributed by atoms with van der Waals surface area (Å²) >= 11 is 0. The first kappa shape index (κ1) is 16.2. The molecule has 20 heavy (non-hydrogen) atoms. The Morgan fingerprint density at radius 3 is 2.75 bits per heavy atom. The van der Waals surface area contributed by atoms with Gasteiger partial charge in [0.1, 0.15) is 5.71 Å². The lowest BCUT2D eigenvalue weighted by atomic mass is 10.1. The molecule has 1 aromatic heterocycles. The topological polar surface area (TPSA) is 113 Å². The number of hydrogen-bond donors (Lipinski definition) is 1. The molecule has 0 saturated carbocycles. The third-order valence-electron chi connectivity index (χ3n) is 2.65. The van der Waals surface area contributed by atoms with Crippen molar-refractivity contribution >= 4 is 5.71 Å². The first-order valence-electron chi connectivity index (χ1n) is 5.95. The Hall–Kier alpha value is -1.90.